The summed E-state index contributed by atoms with van der Waals surface area (Å²) >= 11 is 0. The van der Waals surface area contributed by atoms with E-state index in [1.807, 2.05) is 0 Å². The number of primary amides is 1. The van der Waals surface area contributed by atoms with Crippen molar-refractivity contribution in [3.05, 3.63) is 83.3 Å². The first-order valence-electron chi connectivity index (χ1n) is 9.58. The van der Waals surface area contributed by atoms with Gasteiger partial charge in [-0.1, -0.05) is 12.1 Å². The van der Waals surface area contributed by atoms with Gasteiger partial charge in [0.05, 0.1) is 11.1 Å². The Hall–Kier alpha value is -4.09. The molecule has 0 aliphatic heterocycles. The zero-order valence-electron chi connectivity index (χ0n) is 17.2. The second-order valence-corrected chi connectivity index (χ2v) is 7.06. The first-order chi connectivity index (χ1) is 15.9. The minimum absolute atomic E-state index is 0.0442. The van der Waals surface area contributed by atoms with Crippen molar-refractivity contribution >= 4 is 28.3 Å². The molecule has 3 rings (SSSR count). The number of nitrogens with two attached hydrogens (primary N) is 2. The average molecular weight is 481 g/mol. The van der Waals surface area contributed by atoms with Gasteiger partial charge in [0.1, 0.15) is 5.82 Å². The summed E-state index contributed by atoms with van der Waals surface area (Å²) in [7, 11) is 0. The van der Waals surface area contributed by atoms with E-state index in [2.05, 4.69) is 15.3 Å². The van der Waals surface area contributed by atoms with Crippen LogP contribution in [0.4, 0.5) is 37.8 Å². The lowest BCUT2D eigenvalue weighted by molar-refractivity contribution is -0.137. The van der Waals surface area contributed by atoms with Crippen molar-refractivity contribution in [1.82, 2.24) is 9.97 Å². The highest BCUT2D eigenvalue weighted by Gasteiger charge is 2.33. The second-order valence-electron chi connectivity index (χ2n) is 7.06. The molecule has 0 atom stereocenters. The van der Waals surface area contributed by atoms with E-state index in [0.29, 0.717) is 5.39 Å². The van der Waals surface area contributed by atoms with Crippen LogP contribution in [0.3, 0.4) is 0 Å². The fourth-order valence-electron chi connectivity index (χ4n) is 3.02. The minimum atomic E-state index is -4.60. The van der Waals surface area contributed by atoms with Crippen LogP contribution >= 0.6 is 0 Å². The Balaban J connectivity index is 2.02. The highest BCUT2D eigenvalue weighted by Crippen LogP contribution is 2.32. The fraction of sp³-hybridized carbons (Fsp3) is 0.136. The molecule has 12 heteroatoms. The number of allylic oxidation sites excluding steroid dienone is 3. The number of rotatable bonds is 6. The molecule has 0 saturated heterocycles. The highest BCUT2D eigenvalue weighted by molar-refractivity contribution is 5.96. The number of nitrogens with zero attached hydrogens (tertiary/aromatic N) is 2. The second kappa shape index (κ2) is 9.41. The van der Waals surface area contributed by atoms with Crippen LogP contribution in [0.1, 0.15) is 21.7 Å². The maximum atomic E-state index is 13.3. The van der Waals surface area contributed by atoms with Crippen LogP contribution < -0.4 is 16.8 Å². The number of nitrogens with one attached hydrogen (secondary N) is 1. The van der Waals surface area contributed by atoms with Gasteiger partial charge in [-0.15, -0.1) is 0 Å². The predicted octanol–water partition coefficient (Wildman–Crippen LogP) is 4.99. The highest BCUT2D eigenvalue weighted by atomic mass is 19.4. The number of halogens is 6. The van der Waals surface area contributed by atoms with Crippen LogP contribution in [-0.2, 0) is 12.6 Å². The maximum absolute atomic E-state index is 13.3. The van der Waals surface area contributed by atoms with Crippen LogP contribution in [0.25, 0.3) is 10.9 Å². The van der Waals surface area contributed by atoms with Gasteiger partial charge in [-0.25, -0.2) is 9.97 Å². The SMILES string of the molecule is N/C=C\C=C(/Cc1ccc2c(Nc3ccc(C(F)(F)F)cc3)nc(C(N)=O)nc2c1)C(F)(F)F. The lowest BCUT2D eigenvalue weighted by Gasteiger charge is -2.14. The number of aromatic nitrogens is 2. The third-order valence-corrected chi connectivity index (χ3v) is 4.62. The zero-order valence-corrected chi connectivity index (χ0v) is 17.2. The third kappa shape index (κ3) is 5.82. The Morgan fingerprint density at radius 2 is 1.68 bits per heavy atom. The lowest BCUT2D eigenvalue weighted by Crippen LogP contribution is -2.16. The number of hydrogen-bond donors (Lipinski definition) is 3. The number of fused-ring (bicyclic) bond motifs is 1. The Morgan fingerprint density at radius 3 is 2.24 bits per heavy atom. The number of carbonyl (C=O) groups excluding carboxylic acids is 1. The summed E-state index contributed by atoms with van der Waals surface area (Å²) in [5, 5.41) is 3.11. The molecule has 0 radical (unpaired) electrons. The van der Waals surface area contributed by atoms with Gasteiger partial charge in [0.2, 0.25) is 5.82 Å². The van der Waals surface area contributed by atoms with Crippen molar-refractivity contribution < 1.29 is 31.1 Å². The summed E-state index contributed by atoms with van der Waals surface area (Å²) in [6.45, 7) is 0. The Bertz CT molecular complexity index is 1260. The van der Waals surface area contributed by atoms with Gasteiger partial charge in [-0.3, -0.25) is 4.79 Å². The van der Waals surface area contributed by atoms with E-state index in [4.69, 9.17) is 11.5 Å². The van der Waals surface area contributed by atoms with Crippen molar-refractivity contribution in [3.63, 3.8) is 0 Å². The van der Waals surface area contributed by atoms with Crippen molar-refractivity contribution in [2.45, 2.75) is 18.8 Å². The van der Waals surface area contributed by atoms with E-state index in [1.165, 1.54) is 30.3 Å². The van der Waals surface area contributed by atoms with E-state index >= 15 is 0 Å². The first kappa shape index (κ1) is 24.6. The number of hydrogen-bond acceptors (Lipinski definition) is 5. The zero-order chi connectivity index (χ0) is 25.1. The fourth-order valence-corrected chi connectivity index (χ4v) is 3.02. The standard InChI is InChI=1S/C22H17F6N5O/c23-21(24,25)13-4-6-15(7-5-13)31-19-16-8-3-12(10-14(2-1-9-29)22(26,27)28)11-17(16)32-20(33-19)18(30)34/h1-9,11H,10,29H2,(H2,30,34)(H,31,32,33)/b9-1-,14-2+. The molecule has 1 amide bonds. The van der Waals surface area contributed by atoms with Crippen molar-refractivity contribution in [2.75, 3.05) is 5.32 Å². The van der Waals surface area contributed by atoms with E-state index in [9.17, 15) is 31.1 Å². The third-order valence-electron chi connectivity index (χ3n) is 4.62. The number of benzene rings is 2. The number of amides is 1. The summed E-state index contributed by atoms with van der Waals surface area (Å²) in [5.41, 5.74) is 9.26. The lowest BCUT2D eigenvalue weighted by atomic mass is 10.0. The molecule has 0 bridgehead atoms. The van der Waals surface area contributed by atoms with Crippen LogP contribution in [-0.4, -0.2) is 22.1 Å². The molecule has 0 spiro atoms. The minimum Gasteiger partial charge on any atom is -0.405 e. The molecule has 3 aromatic rings. The summed E-state index contributed by atoms with van der Waals surface area (Å²) in [6.07, 6.45) is -6.74. The van der Waals surface area contributed by atoms with E-state index < -0.39 is 41.6 Å². The monoisotopic (exact) mass is 481 g/mol. The molecule has 0 unspecified atom stereocenters. The molecule has 0 saturated carbocycles. The summed E-state index contributed by atoms with van der Waals surface area (Å²) in [5.74, 6) is -1.37. The number of carbonyl (C=O) groups is 1. The van der Waals surface area contributed by atoms with Crippen LogP contribution in [0.2, 0.25) is 0 Å². The predicted molar refractivity (Wildman–Crippen MR) is 114 cm³/mol. The Morgan fingerprint density at radius 1 is 1.00 bits per heavy atom. The molecule has 0 aliphatic rings. The van der Waals surface area contributed by atoms with Gasteiger partial charge in [0, 0.05) is 23.1 Å². The molecule has 178 valence electrons. The molecule has 5 N–H and O–H groups in total. The molecule has 1 heterocycles. The normalized spacial score (nSPS) is 12.9. The number of anilines is 2. The van der Waals surface area contributed by atoms with Crippen molar-refractivity contribution in [3.8, 4) is 0 Å². The summed E-state index contributed by atoms with van der Waals surface area (Å²) < 4.78 is 78.3. The van der Waals surface area contributed by atoms with E-state index in [0.717, 1.165) is 30.5 Å². The topological polar surface area (TPSA) is 107 Å². The number of alkyl halides is 6. The summed E-state index contributed by atoms with van der Waals surface area (Å²) in [6, 6.07) is 8.25. The summed E-state index contributed by atoms with van der Waals surface area (Å²) in [4.78, 5) is 19.7. The van der Waals surface area contributed by atoms with Crippen molar-refractivity contribution in [2.24, 2.45) is 11.5 Å². The Kier molecular flexibility index (Phi) is 6.80. The van der Waals surface area contributed by atoms with Crippen LogP contribution in [0.15, 0.2) is 66.4 Å². The average Bonchev–Trinajstić information content (AvgIpc) is 2.75. The van der Waals surface area contributed by atoms with Gasteiger partial charge in [0.15, 0.2) is 0 Å². The van der Waals surface area contributed by atoms with Gasteiger partial charge in [0.25, 0.3) is 5.91 Å². The van der Waals surface area contributed by atoms with Gasteiger partial charge in [-0.2, -0.15) is 26.3 Å². The van der Waals surface area contributed by atoms with E-state index in [-0.39, 0.29) is 22.6 Å². The molecule has 2 aromatic carbocycles. The molecule has 6 nitrogen and oxygen atoms in total. The molecule has 34 heavy (non-hydrogen) atoms. The van der Waals surface area contributed by atoms with E-state index in [1.54, 1.807) is 0 Å². The molecule has 0 fully saturated rings. The molecular weight excluding hydrogens is 464 g/mol. The van der Waals surface area contributed by atoms with Crippen molar-refractivity contribution in [1.29, 1.82) is 0 Å². The first-order valence-corrected chi connectivity index (χ1v) is 9.58. The molecule has 0 aliphatic carbocycles. The smallest absolute Gasteiger partial charge is 0.405 e. The largest absolute Gasteiger partial charge is 0.416 e. The van der Waals surface area contributed by atoms with Gasteiger partial charge in [-0.05, 0) is 54.2 Å². The maximum Gasteiger partial charge on any atom is 0.416 e. The van der Waals surface area contributed by atoms with Gasteiger partial charge >= 0.3 is 12.4 Å². The van der Waals surface area contributed by atoms with Crippen LogP contribution in [0, 0.1) is 0 Å². The molecule has 1 aromatic heterocycles. The van der Waals surface area contributed by atoms with Gasteiger partial charge < -0.3 is 16.8 Å². The Labute approximate surface area is 189 Å². The quantitative estimate of drug-likeness (QED) is 0.340. The molecular formula is C22H17F6N5O. The van der Waals surface area contributed by atoms with Crippen LogP contribution in [0.5, 0.6) is 0 Å².